The Hall–Kier alpha value is -2.27. The molecule has 3 heterocycles. The minimum Gasteiger partial charge on any atom is -0.452 e. The molecule has 0 saturated carbocycles. The number of rotatable bonds is 9. The fraction of sp³-hybridized carbons (Fsp3) is 0.294. The molecule has 8 nitrogen and oxygen atoms in total. The van der Waals surface area contributed by atoms with E-state index >= 15 is 0 Å². The molecule has 3 N–H and O–H groups in total. The summed E-state index contributed by atoms with van der Waals surface area (Å²) in [6.45, 7) is 1.95. The first-order valence-electron chi connectivity index (χ1n) is 8.23. The molecule has 0 aliphatic carbocycles. The molecule has 0 aliphatic rings. The second-order valence-corrected chi connectivity index (χ2v) is 7.31. The van der Waals surface area contributed by atoms with Crippen LogP contribution in [-0.4, -0.2) is 48.5 Å². The van der Waals surface area contributed by atoms with Crippen molar-refractivity contribution in [3.63, 3.8) is 0 Å². The third kappa shape index (κ3) is 5.36. The van der Waals surface area contributed by atoms with Crippen LogP contribution in [0.3, 0.4) is 0 Å². The Morgan fingerprint density at radius 2 is 2.11 bits per heavy atom. The quantitative estimate of drug-likeness (QED) is 0.462. The van der Waals surface area contributed by atoms with Gasteiger partial charge in [0, 0.05) is 41.0 Å². The van der Waals surface area contributed by atoms with Gasteiger partial charge in [-0.05, 0) is 25.1 Å². The van der Waals surface area contributed by atoms with Crippen LogP contribution in [0.15, 0.2) is 35.5 Å². The van der Waals surface area contributed by atoms with Gasteiger partial charge in [-0.3, -0.25) is 4.98 Å². The van der Waals surface area contributed by atoms with Crippen molar-refractivity contribution in [3.05, 3.63) is 42.1 Å². The van der Waals surface area contributed by atoms with Gasteiger partial charge in [-0.2, -0.15) is 4.37 Å². The van der Waals surface area contributed by atoms with Gasteiger partial charge in [0.1, 0.15) is 11.6 Å². The first-order valence-corrected chi connectivity index (χ1v) is 9.99. The maximum atomic E-state index is 9.04. The number of aromatic nitrogens is 4. The molecule has 0 fully saturated rings. The van der Waals surface area contributed by atoms with Crippen molar-refractivity contribution in [1.82, 2.24) is 19.3 Å². The van der Waals surface area contributed by atoms with Crippen molar-refractivity contribution >= 4 is 34.2 Å². The van der Waals surface area contributed by atoms with Gasteiger partial charge < -0.3 is 20.3 Å². The van der Waals surface area contributed by atoms with Crippen LogP contribution in [0.4, 0.5) is 10.9 Å². The van der Waals surface area contributed by atoms with Crippen molar-refractivity contribution in [2.24, 2.45) is 0 Å². The number of hydrogen-bond acceptors (Lipinski definition) is 10. The minimum absolute atomic E-state index is 0.000153. The summed E-state index contributed by atoms with van der Waals surface area (Å²) in [7, 11) is 0. The van der Waals surface area contributed by atoms with Gasteiger partial charge in [0.25, 0.3) is 0 Å². The summed E-state index contributed by atoms with van der Waals surface area (Å²) in [5, 5.41) is 21.7. The summed E-state index contributed by atoms with van der Waals surface area (Å²) < 4.78 is 10.2. The summed E-state index contributed by atoms with van der Waals surface area (Å²) in [4.78, 5) is 13.9. The molecule has 142 valence electrons. The van der Waals surface area contributed by atoms with E-state index in [4.69, 9.17) is 14.9 Å². The van der Waals surface area contributed by atoms with Crippen molar-refractivity contribution in [1.29, 1.82) is 0 Å². The van der Waals surface area contributed by atoms with E-state index in [9.17, 15) is 0 Å². The number of aryl methyl sites for hydroxylation is 1. The molecule has 10 heteroatoms. The van der Waals surface area contributed by atoms with E-state index in [1.165, 1.54) is 23.3 Å². The lowest BCUT2D eigenvalue weighted by atomic mass is 10.3. The lowest BCUT2D eigenvalue weighted by Crippen LogP contribution is -2.00. The van der Waals surface area contributed by atoms with E-state index in [1.807, 2.05) is 19.1 Å². The fourth-order valence-corrected chi connectivity index (χ4v) is 3.40. The Labute approximate surface area is 164 Å². The van der Waals surface area contributed by atoms with Crippen molar-refractivity contribution in [3.8, 4) is 11.5 Å². The summed E-state index contributed by atoms with van der Waals surface area (Å²) in [6, 6.07) is 5.50. The molecule has 0 radical (unpaired) electrons. The SMILES string of the molecule is Cc1ncccc1Oc1cc(SCCO)cnc1Nc1nc(CCO)ns1. The van der Waals surface area contributed by atoms with E-state index in [-0.39, 0.29) is 13.2 Å². The third-order valence-corrected chi connectivity index (χ3v) is 5.01. The standard InChI is InChI=1S/C17H19N5O3S2/c1-11-13(3-2-5-18-11)25-14-9-12(26-8-7-24)10-19-16(14)21-17-20-15(4-6-23)22-27-17/h2-3,5,9-10,23-24H,4,6-8H2,1H3,(H,19,20,21,22). The number of pyridine rings is 2. The van der Waals surface area contributed by atoms with Gasteiger partial charge >= 0.3 is 0 Å². The second kappa shape index (κ2) is 9.60. The van der Waals surface area contributed by atoms with Crippen LogP contribution in [0, 0.1) is 6.92 Å². The topological polar surface area (TPSA) is 113 Å². The molecule has 0 aliphatic heterocycles. The summed E-state index contributed by atoms with van der Waals surface area (Å²) >= 11 is 2.68. The molecule has 0 aromatic carbocycles. The normalized spacial score (nSPS) is 10.8. The lowest BCUT2D eigenvalue weighted by Gasteiger charge is -2.13. The number of thioether (sulfide) groups is 1. The summed E-state index contributed by atoms with van der Waals surface area (Å²) in [5.41, 5.74) is 0.762. The fourth-order valence-electron chi connectivity index (χ4n) is 2.14. The molecule has 0 atom stereocenters. The van der Waals surface area contributed by atoms with Gasteiger partial charge in [0.15, 0.2) is 11.6 Å². The highest BCUT2D eigenvalue weighted by Crippen LogP contribution is 2.34. The smallest absolute Gasteiger partial charge is 0.208 e. The molecule has 0 bridgehead atoms. The van der Waals surface area contributed by atoms with Crippen LogP contribution in [0.25, 0.3) is 0 Å². The molecule has 27 heavy (non-hydrogen) atoms. The molecule has 0 unspecified atom stereocenters. The number of aliphatic hydroxyl groups is 2. The highest BCUT2D eigenvalue weighted by atomic mass is 32.2. The molecular formula is C17H19N5O3S2. The number of ether oxygens (including phenoxy) is 1. The number of nitrogens with one attached hydrogen (secondary N) is 1. The van der Waals surface area contributed by atoms with E-state index in [1.54, 1.807) is 18.5 Å². The van der Waals surface area contributed by atoms with Crippen molar-refractivity contribution < 1.29 is 14.9 Å². The molecule has 3 rings (SSSR count). The largest absolute Gasteiger partial charge is 0.452 e. The Morgan fingerprint density at radius 1 is 1.22 bits per heavy atom. The average molecular weight is 406 g/mol. The molecule has 3 aromatic heterocycles. The molecule has 3 aromatic rings. The predicted octanol–water partition coefficient (Wildman–Crippen LogP) is 2.79. The van der Waals surface area contributed by atoms with E-state index < -0.39 is 0 Å². The summed E-state index contributed by atoms with van der Waals surface area (Å²) in [6.07, 6.45) is 3.82. The maximum absolute atomic E-state index is 9.04. The molecule has 0 spiro atoms. The minimum atomic E-state index is -0.000153. The van der Waals surface area contributed by atoms with Crippen LogP contribution in [0.1, 0.15) is 11.5 Å². The van der Waals surface area contributed by atoms with Crippen LogP contribution in [-0.2, 0) is 6.42 Å². The molecular weight excluding hydrogens is 386 g/mol. The van der Waals surface area contributed by atoms with Crippen LogP contribution in [0.2, 0.25) is 0 Å². The van der Waals surface area contributed by atoms with Gasteiger partial charge in [0.2, 0.25) is 5.13 Å². The van der Waals surface area contributed by atoms with Gasteiger partial charge in [0.05, 0.1) is 18.9 Å². The third-order valence-electron chi connectivity index (χ3n) is 3.39. The zero-order chi connectivity index (χ0) is 19.1. The zero-order valence-corrected chi connectivity index (χ0v) is 16.3. The number of aliphatic hydroxyl groups excluding tert-OH is 2. The van der Waals surface area contributed by atoms with Crippen LogP contribution in [0.5, 0.6) is 11.5 Å². The maximum Gasteiger partial charge on any atom is 0.208 e. The van der Waals surface area contributed by atoms with Crippen molar-refractivity contribution in [2.45, 2.75) is 18.2 Å². The first-order chi connectivity index (χ1) is 13.2. The second-order valence-electron chi connectivity index (χ2n) is 5.39. The molecule has 0 amide bonds. The van der Waals surface area contributed by atoms with Crippen molar-refractivity contribution in [2.75, 3.05) is 24.3 Å². The highest BCUT2D eigenvalue weighted by Gasteiger charge is 2.13. The Morgan fingerprint density at radius 3 is 2.89 bits per heavy atom. The molecule has 0 saturated heterocycles. The van der Waals surface area contributed by atoms with Gasteiger partial charge in [-0.15, -0.1) is 11.8 Å². The van der Waals surface area contributed by atoms with Gasteiger partial charge in [-0.1, -0.05) is 0 Å². The monoisotopic (exact) mass is 405 g/mol. The van der Waals surface area contributed by atoms with Gasteiger partial charge in [-0.25, -0.2) is 9.97 Å². The average Bonchev–Trinajstić information content (AvgIpc) is 3.11. The van der Waals surface area contributed by atoms with E-state index in [0.29, 0.717) is 40.4 Å². The van der Waals surface area contributed by atoms with Crippen LogP contribution < -0.4 is 10.1 Å². The lowest BCUT2D eigenvalue weighted by molar-refractivity contribution is 0.297. The Bertz CT molecular complexity index is 891. The zero-order valence-electron chi connectivity index (χ0n) is 14.6. The Balaban J connectivity index is 1.87. The highest BCUT2D eigenvalue weighted by molar-refractivity contribution is 7.99. The summed E-state index contributed by atoms with van der Waals surface area (Å²) in [5.74, 6) is 2.79. The number of hydrogen-bond donors (Lipinski definition) is 3. The van der Waals surface area contributed by atoms with Crippen LogP contribution >= 0.6 is 23.3 Å². The predicted molar refractivity (Wildman–Crippen MR) is 105 cm³/mol. The van der Waals surface area contributed by atoms with E-state index in [2.05, 4.69) is 24.6 Å². The Kier molecular flexibility index (Phi) is 6.93. The number of anilines is 2. The van der Waals surface area contributed by atoms with E-state index in [0.717, 1.165) is 10.6 Å². The number of nitrogens with zero attached hydrogens (tertiary/aromatic N) is 4. The first kappa shape index (κ1) is 19.5.